The van der Waals surface area contributed by atoms with Gasteiger partial charge in [-0.2, -0.15) is 0 Å². The Labute approximate surface area is 149 Å². The third kappa shape index (κ3) is 2.90. The second-order valence-corrected chi connectivity index (χ2v) is 7.57. The summed E-state index contributed by atoms with van der Waals surface area (Å²) in [5.41, 5.74) is 8.20. The summed E-state index contributed by atoms with van der Waals surface area (Å²) >= 11 is 0. The summed E-state index contributed by atoms with van der Waals surface area (Å²) in [6.45, 7) is 15.2. The number of hydrogen-bond donors (Lipinski definition) is 0. The monoisotopic (exact) mass is 342 g/mol. The van der Waals surface area contributed by atoms with E-state index in [-0.39, 0.29) is 0 Å². The molecule has 1 saturated heterocycles. The SMILES string of the molecule is C=C1C=C(C)c2cc(P)c(N3CCCC3)c(C)c2N1C1CC1.CC. The fraction of sp³-hybridized carbons (Fsp3) is 0.524. The van der Waals surface area contributed by atoms with Crippen molar-refractivity contribution in [2.75, 3.05) is 22.9 Å². The molecule has 2 nitrogen and oxygen atoms in total. The lowest BCUT2D eigenvalue weighted by atomic mass is 9.94. The molecule has 0 N–H and O–H groups in total. The minimum Gasteiger partial charge on any atom is -0.371 e. The number of nitrogens with zero attached hydrogens (tertiary/aromatic N) is 2. The van der Waals surface area contributed by atoms with Gasteiger partial charge in [-0.3, -0.25) is 0 Å². The highest BCUT2D eigenvalue weighted by Gasteiger charge is 2.36. The molecule has 2 fully saturated rings. The molecule has 1 aromatic carbocycles. The molecule has 2 heterocycles. The molecule has 0 radical (unpaired) electrons. The van der Waals surface area contributed by atoms with Crippen molar-refractivity contribution in [2.24, 2.45) is 0 Å². The molecule has 0 aromatic heterocycles. The Morgan fingerprint density at radius 3 is 2.29 bits per heavy atom. The molecule has 1 aromatic rings. The Morgan fingerprint density at radius 1 is 1.08 bits per heavy atom. The number of benzene rings is 1. The Hall–Kier alpha value is -1.27. The van der Waals surface area contributed by atoms with E-state index in [1.54, 1.807) is 0 Å². The van der Waals surface area contributed by atoms with Crippen LogP contribution in [0.4, 0.5) is 11.4 Å². The van der Waals surface area contributed by atoms with Crippen LogP contribution in [0.15, 0.2) is 24.4 Å². The Kier molecular flexibility index (Phi) is 5.06. The number of fused-ring (bicyclic) bond motifs is 1. The van der Waals surface area contributed by atoms with Crippen LogP contribution in [0.25, 0.3) is 5.57 Å². The highest BCUT2D eigenvalue weighted by Crippen LogP contribution is 2.46. The number of anilines is 2. The van der Waals surface area contributed by atoms with Gasteiger partial charge in [-0.05, 0) is 68.1 Å². The van der Waals surface area contributed by atoms with Gasteiger partial charge in [0.15, 0.2) is 0 Å². The summed E-state index contributed by atoms with van der Waals surface area (Å²) in [5.74, 6) is 0. The molecule has 2 aliphatic heterocycles. The van der Waals surface area contributed by atoms with Crippen molar-refractivity contribution in [3.05, 3.63) is 35.5 Å². The van der Waals surface area contributed by atoms with Gasteiger partial charge in [0.25, 0.3) is 0 Å². The molecule has 3 heteroatoms. The Bertz CT molecular complexity index is 680. The molecule has 3 aliphatic rings. The molecule has 1 atom stereocenters. The van der Waals surface area contributed by atoms with Crippen molar-refractivity contribution < 1.29 is 0 Å². The predicted molar refractivity (Wildman–Crippen MR) is 112 cm³/mol. The smallest absolute Gasteiger partial charge is 0.0540 e. The highest BCUT2D eigenvalue weighted by molar-refractivity contribution is 7.28. The first-order chi connectivity index (χ1) is 11.6. The zero-order valence-corrected chi connectivity index (χ0v) is 16.8. The lowest BCUT2D eigenvalue weighted by Crippen LogP contribution is -2.31. The molecule has 24 heavy (non-hydrogen) atoms. The first kappa shape index (κ1) is 17.5. The van der Waals surface area contributed by atoms with Gasteiger partial charge >= 0.3 is 0 Å². The Morgan fingerprint density at radius 2 is 1.71 bits per heavy atom. The van der Waals surface area contributed by atoms with E-state index < -0.39 is 0 Å². The van der Waals surface area contributed by atoms with E-state index in [1.807, 2.05) is 13.8 Å². The highest BCUT2D eigenvalue weighted by atomic mass is 31.0. The largest absolute Gasteiger partial charge is 0.371 e. The number of hydrogen-bond acceptors (Lipinski definition) is 2. The van der Waals surface area contributed by atoms with Gasteiger partial charge < -0.3 is 9.80 Å². The van der Waals surface area contributed by atoms with Gasteiger partial charge in [0, 0.05) is 36.1 Å². The van der Waals surface area contributed by atoms with Gasteiger partial charge in [0.05, 0.1) is 5.69 Å². The normalized spacial score (nSPS) is 19.7. The molecule has 0 bridgehead atoms. The Balaban J connectivity index is 0.000000815. The second kappa shape index (κ2) is 6.92. The lowest BCUT2D eigenvalue weighted by molar-refractivity contribution is 0.909. The molecule has 130 valence electrons. The molecule has 0 spiro atoms. The van der Waals surface area contributed by atoms with Crippen LogP contribution in [0.2, 0.25) is 0 Å². The van der Waals surface area contributed by atoms with Gasteiger partial charge in [0.1, 0.15) is 0 Å². The van der Waals surface area contributed by atoms with Crippen LogP contribution in [0, 0.1) is 6.92 Å². The van der Waals surface area contributed by atoms with E-state index >= 15 is 0 Å². The number of allylic oxidation sites excluding steroid dienone is 2. The average Bonchev–Trinajstić information content (AvgIpc) is 3.25. The van der Waals surface area contributed by atoms with Crippen LogP contribution in [0.5, 0.6) is 0 Å². The molecule has 4 rings (SSSR count). The van der Waals surface area contributed by atoms with E-state index in [0.29, 0.717) is 6.04 Å². The zero-order chi connectivity index (χ0) is 17.4. The second-order valence-electron chi connectivity index (χ2n) is 6.95. The summed E-state index contributed by atoms with van der Waals surface area (Å²) < 4.78 is 0. The van der Waals surface area contributed by atoms with Crippen LogP contribution >= 0.6 is 9.24 Å². The van der Waals surface area contributed by atoms with Crippen molar-refractivity contribution in [3.8, 4) is 0 Å². The maximum Gasteiger partial charge on any atom is 0.0540 e. The number of rotatable bonds is 2. The van der Waals surface area contributed by atoms with Crippen molar-refractivity contribution in [3.63, 3.8) is 0 Å². The first-order valence-electron chi connectivity index (χ1n) is 9.42. The minimum atomic E-state index is 0.663. The van der Waals surface area contributed by atoms with Crippen molar-refractivity contribution >= 4 is 31.5 Å². The van der Waals surface area contributed by atoms with Crippen molar-refractivity contribution in [2.45, 2.75) is 59.4 Å². The topological polar surface area (TPSA) is 6.48 Å². The molecule has 1 aliphatic carbocycles. The van der Waals surface area contributed by atoms with Gasteiger partial charge in [-0.1, -0.05) is 20.4 Å². The van der Waals surface area contributed by atoms with E-state index in [4.69, 9.17) is 0 Å². The molecule has 1 unspecified atom stereocenters. The van der Waals surface area contributed by atoms with E-state index in [1.165, 1.54) is 77.8 Å². The maximum absolute atomic E-state index is 4.33. The first-order valence-corrected chi connectivity index (χ1v) is 10.0. The standard InChI is InChI=1S/C19H25N2P.C2H6/c1-12-10-13(2)21(15-6-7-15)18-14(3)19(17(22)11-16(12)18)20-8-4-5-9-20;1-2/h10-11,15H,2,4-9,22H2,1,3H3;1-2H3. The van der Waals surface area contributed by atoms with Crippen molar-refractivity contribution in [1.29, 1.82) is 0 Å². The molecular formula is C21H31N2P. The summed E-state index contributed by atoms with van der Waals surface area (Å²) in [6.07, 6.45) is 7.48. The zero-order valence-electron chi connectivity index (χ0n) is 15.7. The maximum atomic E-state index is 4.33. The average molecular weight is 342 g/mol. The summed E-state index contributed by atoms with van der Waals surface area (Å²) in [7, 11) is 2.97. The van der Waals surface area contributed by atoms with Crippen LogP contribution in [0.3, 0.4) is 0 Å². The van der Waals surface area contributed by atoms with Crippen LogP contribution in [0.1, 0.15) is 57.6 Å². The minimum absolute atomic E-state index is 0.663. The molecular weight excluding hydrogens is 311 g/mol. The van der Waals surface area contributed by atoms with Crippen LogP contribution < -0.4 is 15.1 Å². The van der Waals surface area contributed by atoms with Gasteiger partial charge in [0.2, 0.25) is 0 Å². The van der Waals surface area contributed by atoms with Crippen molar-refractivity contribution in [1.82, 2.24) is 0 Å². The van der Waals surface area contributed by atoms with Crippen LogP contribution in [-0.4, -0.2) is 19.1 Å². The fourth-order valence-corrected chi connectivity index (χ4v) is 4.65. The summed E-state index contributed by atoms with van der Waals surface area (Å²) in [4.78, 5) is 5.07. The third-order valence-corrected chi connectivity index (χ3v) is 5.67. The predicted octanol–water partition coefficient (Wildman–Crippen LogP) is 5.02. The van der Waals surface area contributed by atoms with E-state index in [9.17, 15) is 0 Å². The van der Waals surface area contributed by atoms with Gasteiger partial charge in [-0.15, -0.1) is 9.24 Å². The quantitative estimate of drug-likeness (QED) is 0.696. The summed E-state index contributed by atoms with van der Waals surface area (Å²) in [6, 6.07) is 3.03. The van der Waals surface area contributed by atoms with E-state index in [0.717, 1.165) is 0 Å². The van der Waals surface area contributed by atoms with Gasteiger partial charge in [-0.25, -0.2) is 0 Å². The third-order valence-electron chi connectivity index (χ3n) is 5.23. The summed E-state index contributed by atoms with van der Waals surface area (Å²) in [5, 5.41) is 1.34. The van der Waals surface area contributed by atoms with E-state index in [2.05, 4.69) is 51.6 Å². The molecule has 1 saturated carbocycles. The fourth-order valence-electron chi connectivity index (χ4n) is 4.09. The van der Waals surface area contributed by atoms with Crippen LogP contribution in [-0.2, 0) is 0 Å². The molecule has 0 amide bonds. The lowest BCUT2D eigenvalue weighted by Gasteiger charge is -2.36.